The standard InChI is InChI=1S/C14H14BrNO/c1-16-13-5-7-14(8-6-13)17-10-11-3-2-4-12(15)9-11/h2-9,16H,10H2,1H3. The molecule has 0 atom stereocenters. The molecule has 0 saturated heterocycles. The SMILES string of the molecule is CNc1ccc(OCc2cccc(Br)c2)cc1. The number of rotatable bonds is 4. The van der Waals surface area contributed by atoms with Gasteiger partial charge in [-0.15, -0.1) is 0 Å². The maximum Gasteiger partial charge on any atom is 0.119 e. The van der Waals surface area contributed by atoms with E-state index in [9.17, 15) is 0 Å². The Morgan fingerprint density at radius 1 is 1.12 bits per heavy atom. The molecule has 0 heterocycles. The Labute approximate surface area is 110 Å². The lowest BCUT2D eigenvalue weighted by Gasteiger charge is -2.07. The average molecular weight is 292 g/mol. The van der Waals surface area contributed by atoms with E-state index in [0.717, 1.165) is 21.5 Å². The van der Waals surface area contributed by atoms with Crippen LogP contribution in [-0.4, -0.2) is 7.05 Å². The van der Waals surface area contributed by atoms with Gasteiger partial charge >= 0.3 is 0 Å². The van der Waals surface area contributed by atoms with Gasteiger partial charge in [-0.3, -0.25) is 0 Å². The van der Waals surface area contributed by atoms with E-state index in [-0.39, 0.29) is 0 Å². The highest BCUT2D eigenvalue weighted by atomic mass is 79.9. The first-order valence-electron chi connectivity index (χ1n) is 5.43. The minimum Gasteiger partial charge on any atom is -0.489 e. The largest absolute Gasteiger partial charge is 0.489 e. The molecule has 0 bridgehead atoms. The molecule has 3 heteroatoms. The summed E-state index contributed by atoms with van der Waals surface area (Å²) in [5, 5.41) is 3.07. The average Bonchev–Trinajstić information content (AvgIpc) is 2.37. The summed E-state index contributed by atoms with van der Waals surface area (Å²) in [4.78, 5) is 0. The van der Waals surface area contributed by atoms with Crippen molar-refractivity contribution in [3.8, 4) is 5.75 Å². The van der Waals surface area contributed by atoms with Crippen molar-refractivity contribution >= 4 is 21.6 Å². The molecule has 0 radical (unpaired) electrons. The van der Waals surface area contributed by atoms with Gasteiger partial charge in [0.05, 0.1) is 0 Å². The minimum atomic E-state index is 0.582. The third-order valence-corrected chi connectivity index (χ3v) is 2.93. The molecule has 2 nitrogen and oxygen atoms in total. The topological polar surface area (TPSA) is 21.3 Å². The lowest BCUT2D eigenvalue weighted by molar-refractivity contribution is 0.306. The number of benzene rings is 2. The van der Waals surface area contributed by atoms with E-state index in [0.29, 0.717) is 6.61 Å². The maximum absolute atomic E-state index is 5.70. The van der Waals surface area contributed by atoms with Gasteiger partial charge in [-0.25, -0.2) is 0 Å². The molecule has 0 saturated carbocycles. The van der Waals surface area contributed by atoms with Gasteiger partial charge in [0.25, 0.3) is 0 Å². The number of ether oxygens (including phenoxy) is 1. The van der Waals surface area contributed by atoms with Gasteiger partial charge in [-0.05, 0) is 42.0 Å². The lowest BCUT2D eigenvalue weighted by Crippen LogP contribution is -1.95. The molecule has 0 aromatic heterocycles. The smallest absolute Gasteiger partial charge is 0.119 e. The Hall–Kier alpha value is -1.48. The van der Waals surface area contributed by atoms with E-state index in [2.05, 4.69) is 27.3 Å². The highest BCUT2D eigenvalue weighted by Gasteiger charge is 1.97. The van der Waals surface area contributed by atoms with Crippen LogP contribution in [0.2, 0.25) is 0 Å². The summed E-state index contributed by atoms with van der Waals surface area (Å²) >= 11 is 3.44. The molecule has 0 amide bonds. The Morgan fingerprint density at radius 3 is 2.53 bits per heavy atom. The van der Waals surface area contributed by atoms with Crippen LogP contribution in [-0.2, 0) is 6.61 Å². The number of hydrogen-bond acceptors (Lipinski definition) is 2. The van der Waals surface area contributed by atoms with Gasteiger partial charge in [-0.2, -0.15) is 0 Å². The van der Waals surface area contributed by atoms with Crippen molar-refractivity contribution in [1.29, 1.82) is 0 Å². The molecule has 2 rings (SSSR count). The first-order valence-corrected chi connectivity index (χ1v) is 6.22. The predicted octanol–water partition coefficient (Wildman–Crippen LogP) is 4.07. The molecular formula is C14H14BrNO. The fraction of sp³-hybridized carbons (Fsp3) is 0.143. The van der Waals surface area contributed by atoms with Crippen LogP contribution in [0.25, 0.3) is 0 Å². The van der Waals surface area contributed by atoms with Crippen LogP contribution in [0.5, 0.6) is 5.75 Å². The second-order valence-electron chi connectivity index (χ2n) is 3.69. The monoisotopic (exact) mass is 291 g/mol. The van der Waals surface area contributed by atoms with E-state index < -0.39 is 0 Å². The van der Waals surface area contributed by atoms with Crippen molar-refractivity contribution in [2.24, 2.45) is 0 Å². The highest BCUT2D eigenvalue weighted by molar-refractivity contribution is 9.10. The first kappa shape index (κ1) is 12.0. The lowest BCUT2D eigenvalue weighted by atomic mass is 10.2. The normalized spacial score (nSPS) is 10.0. The Morgan fingerprint density at radius 2 is 1.88 bits per heavy atom. The Kier molecular flexibility index (Phi) is 4.04. The molecule has 0 aliphatic carbocycles. The van der Waals surface area contributed by atoms with Gasteiger partial charge in [0, 0.05) is 17.2 Å². The molecule has 88 valence electrons. The second kappa shape index (κ2) is 5.73. The van der Waals surface area contributed by atoms with Crippen LogP contribution in [0, 0.1) is 0 Å². The van der Waals surface area contributed by atoms with E-state index in [1.54, 1.807) is 0 Å². The molecule has 1 N–H and O–H groups in total. The number of anilines is 1. The van der Waals surface area contributed by atoms with Gasteiger partial charge in [-0.1, -0.05) is 28.1 Å². The quantitative estimate of drug-likeness (QED) is 0.917. The maximum atomic E-state index is 5.70. The van der Waals surface area contributed by atoms with Crippen LogP contribution in [0.3, 0.4) is 0 Å². The zero-order valence-electron chi connectivity index (χ0n) is 9.61. The number of hydrogen-bond donors (Lipinski definition) is 1. The molecular weight excluding hydrogens is 278 g/mol. The van der Waals surface area contributed by atoms with Crippen molar-refractivity contribution in [2.45, 2.75) is 6.61 Å². The molecule has 0 fully saturated rings. The summed E-state index contributed by atoms with van der Waals surface area (Å²) in [7, 11) is 1.90. The summed E-state index contributed by atoms with van der Waals surface area (Å²) in [6.07, 6.45) is 0. The zero-order valence-corrected chi connectivity index (χ0v) is 11.2. The summed E-state index contributed by atoms with van der Waals surface area (Å²) in [5.41, 5.74) is 2.23. The van der Waals surface area contributed by atoms with E-state index >= 15 is 0 Å². The van der Waals surface area contributed by atoms with Crippen LogP contribution >= 0.6 is 15.9 Å². The van der Waals surface area contributed by atoms with Crippen molar-refractivity contribution in [3.05, 3.63) is 58.6 Å². The first-order chi connectivity index (χ1) is 8.28. The highest BCUT2D eigenvalue weighted by Crippen LogP contribution is 2.18. The Bertz CT molecular complexity index is 482. The van der Waals surface area contributed by atoms with Gasteiger partial charge in [0.2, 0.25) is 0 Å². The minimum absolute atomic E-state index is 0.582. The van der Waals surface area contributed by atoms with Gasteiger partial charge < -0.3 is 10.1 Å². The van der Waals surface area contributed by atoms with E-state index in [1.165, 1.54) is 0 Å². The molecule has 0 unspecified atom stereocenters. The van der Waals surface area contributed by atoms with E-state index in [4.69, 9.17) is 4.74 Å². The fourth-order valence-electron chi connectivity index (χ4n) is 1.51. The summed E-state index contributed by atoms with van der Waals surface area (Å²) in [6.45, 7) is 0.582. The summed E-state index contributed by atoms with van der Waals surface area (Å²) in [5.74, 6) is 0.879. The zero-order chi connectivity index (χ0) is 12.1. The molecule has 0 spiro atoms. The third kappa shape index (κ3) is 3.49. The second-order valence-corrected chi connectivity index (χ2v) is 4.61. The van der Waals surface area contributed by atoms with Crippen molar-refractivity contribution < 1.29 is 4.74 Å². The van der Waals surface area contributed by atoms with Crippen molar-refractivity contribution in [1.82, 2.24) is 0 Å². The van der Waals surface area contributed by atoms with Gasteiger partial charge in [0.1, 0.15) is 12.4 Å². The van der Waals surface area contributed by atoms with Crippen molar-refractivity contribution in [3.63, 3.8) is 0 Å². The molecule has 2 aromatic rings. The van der Waals surface area contributed by atoms with Crippen LogP contribution < -0.4 is 10.1 Å². The van der Waals surface area contributed by atoms with Crippen molar-refractivity contribution in [2.75, 3.05) is 12.4 Å². The summed E-state index contributed by atoms with van der Waals surface area (Å²) < 4.78 is 6.77. The molecule has 17 heavy (non-hydrogen) atoms. The molecule has 0 aliphatic rings. The number of halogens is 1. The fourth-order valence-corrected chi connectivity index (χ4v) is 1.96. The van der Waals surface area contributed by atoms with Crippen LogP contribution in [0.15, 0.2) is 53.0 Å². The molecule has 0 aliphatic heterocycles. The Balaban J connectivity index is 1.97. The van der Waals surface area contributed by atoms with Crippen LogP contribution in [0.4, 0.5) is 5.69 Å². The van der Waals surface area contributed by atoms with Gasteiger partial charge in [0.15, 0.2) is 0 Å². The predicted molar refractivity (Wildman–Crippen MR) is 74.5 cm³/mol. The van der Waals surface area contributed by atoms with Crippen LogP contribution in [0.1, 0.15) is 5.56 Å². The molecule has 2 aromatic carbocycles. The third-order valence-electron chi connectivity index (χ3n) is 2.44. The number of nitrogens with one attached hydrogen (secondary N) is 1. The summed E-state index contributed by atoms with van der Waals surface area (Å²) in [6, 6.07) is 16.0. The van der Waals surface area contributed by atoms with E-state index in [1.807, 2.05) is 49.5 Å².